The van der Waals surface area contributed by atoms with Crippen molar-refractivity contribution in [2.24, 2.45) is 0 Å². The molecule has 0 amide bonds. The van der Waals surface area contributed by atoms with Crippen LogP contribution in [0.15, 0.2) is 0 Å². The summed E-state index contributed by atoms with van der Waals surface area (Å²) in [4.78, 5) is 8.36. The SMILES string of the molecule is O=[N+]([O-])O.[O]=[Mo]. The van der Waals surface area contributed by atoms with E-state index in [4.69, 9.17) is 18.7 Å². The van der Waals surface area contributed by atoms with Gasteiger partial charge in [-0.3, -0.25) is 0 Å². The first-order valence-corrected chi connectivity index (χ1v) is 1.55. The molecule has 0 aliphatic rings. The normalized spacial score (nSPS) is 4.67. The van der Waals surface area contributed by atoms with Gasteiger partial charge in [0.1, 0.15) is 0 Å². The van der Waals surface area contributed by atoms with Crippen LogP contribution < -0.4 is 0 Å². The summed E-state index contributed by atoms with van der Waals surface area (Å²) < 4.78 is 8.26. The third kappa shape index (κ3) is 274. The Bertz CT molecular complexity index is 38.8. The van der Waals surface area contributed by atoms with Crippen LogP contribution in [0.4, 0.5) is 0 Å². The molecule has 0 fully saturated rings. The molecule has 5 nitrogen and oxygen atoms in total. The van der Waals surface area contributed by atoms with Gasteiger partial charge in [0.15, 0.2) is 0 Å². The minimum absolute atomic E-state index is 0.700. The Kier molecular flexibility index (Phi) is 13.5. The van der Waals surface area contributed by atoms with Gasteiger partial charge in [0, 0.05) is 0 Å². The molecule has 6 heteroatoms. The molecule has 0 rings (SSSR count). The maximum atomic E-state index is 8.36. The molecule has 0 saturated heterocycles. The van der Waals surface area contributed by atoms with E-state index in [0.717, 1.165) is 0 Å². The van der Waals surface area contributed by atoms with Gasteiger partial charge in [-0.05, 0) is 0 Å². The molecule has 0 aromatic rings. The van der Waals surface area contributed by atoms with Gasteiger partial charge in [0.25, 0.3) is 5.09 Å². The fraction of sp³-hybridized carbons (Fsp3) is 0. The van der Waals surface area contributed by atoms with Gasteiger partial charge in [0.2, 0.25) is 0 Å². The number of hydrogen-bond acceptors (Lipinski definition) is 3. The molecule has 0 radical (unpaired) electrons. The van der Waals surface area contributed by atoms with Gasteiger partial charge in [-0.15, -0.1) is 10.1 Å². The summed E-state index contributed by atoms with van der Waals surface area (Å²) in [5.41, 5.74) is 0. The third-order valence-electron chi connectivity index (χ3n) is 0. The number of hydrogen-bond donors (Lipinski definition) is 1. The first kappa shape index (κ1) is 9.19. The molecule has 0 aliphatic carbocycles. The molecular weight excluding hydrogens is 174 g/mol. The van der Waals surface area contributed by atoms with E-state index in [1.54, 1.807) is 0 Å². The molecule has 0 unspecified atom stereocenters. The summed E-state index contributed by atoms with van der Waals surface area (Å²) in [6, 6.07) is 0. The van der Waals surface area contributed by atoms with Crippen molar-refractivity contribution in [2.75, 3.05) is 0 Å². The zero-order valence-electron chi connectivity index (χ0n) is 2.53. The monoisotopic (exact) mass is 177 g/mol. The van der Waals surface area contributed by atoms with E-state index < -0.39 is 5.09 Å². The molecular formula is HMoNO4. The van der Waals surface area contributed by atoms with Crippen LogP contribution in [0.5, 0.6) is 0 Å². The summed E-state index contributed by atoms with van der Waals surface area (Å²) in [6.07, 6.45) is 0. The van der Waals surface area contributed by atoms with Gasteiger partial charge in [-0.2, -0.15) is 0 Å². The molecule has 0 bridgehead atoms. The van der Waals surface area contributed by atoms with Gasteiger partial charge in [-0.1, -0.05) is 0 Å². The second-order valence-electron chi connectivity index (χ2n) is 0.238. The van der Waals surface area contributed by atoms with Crippen LogP contribution in [-0.2, 0) is 23.2 Å². The first-order chi connectivity index (χ1) is 2.73. The molecule has 0 aromatic carbocycles. The van der Waals surface area contributed by atoms with Crippen molar-refractivity contribution in [3.63, 3.8) is 0 Å². The van der Waals surface area contributed by atoms with Gasteiger partial charge in [0.05, 0.1) is 0 Å². The Morgan fingerprint density at radius 2 is 1.67 bits per heavy atom. The topological polar surface area (TPSA) is 80.4 Å². The van der Waals surface area contributed by atoms with Gasteiger partial charge < -0.3 is 5.21 Å². The summed E-state index contributed by atoms with van der Waals surface area (Å²) in [5, 5.41) is 13.6. The van der Waals surface area contributed by atoms with Gasteiger partial charge >= 0.3 is 23.2 Å². The van der Waals surface area contributed by atoms with Crippen LogP contribution >= 0.6 is 0 Å². The van der Waals surface area contributed by atoms with Crippen LogP contribution in [-0.4, -0.2) is 10.3 Å². The standard InChI is InChI=1S/Mo.HNO3.O/c;2-1(3)4;/h;(H,2,3,4);. The second-order valence-corrected chi connectivity index (χ2v) is 0.238. The first-order valence-electron chi connectivity index (χ1n) is 0.732. The molecule has 0 atom stereocenters. The Morgan fingerprint density at radius 3 is 1.67 bits per heavy atom. The molecule has 36 valence electrons. The predicted molar refractivity (Wildman–Crippen MR) is 9.47 cm³/mol. The van der Waals surface area contributed by atoms with Crippen molar-refractivity contribution >= 4 is 0 Å². The number of rotatable bonds is 0. The van der Waals surface area contributed by atoms with E-state index in [2.05, 4.69) is 0 Å². The predicted octanol–water partition coefficient (Wildman–Crippen LogP) is -0.469. The zero-order valence-corrected chi connectivity index (χ0v) is 4.53. The third-order valence-corrected chi connectivity index (χ3v) is 0. The van der Waals surface area contributed by atoms with E-state index in [-0.39, 0.29) is 0 Å². The van der Waals surface area contributed by atoms with Crippen LogP contribution in [0.3, 0.4) is 0 Å². The molecule has 0 spiro atoms. The van der Waals surface area contributed by atoms with Crippen LogP contribution in [0.25, 0.3) is 0 Å². The van der Waals surface area contributed by atoms with Crippen molar-refractivity contribution in [3.05, 3.63) is 10.1 Å². The second kappa shape index (κ2) is 8.82. The van der Waals surface area contributed by atoms with Crippen molar-refractivity contribution in [1.82, 2.24) is 0 Å². The Balaban J connectivity index is 0. The van der Waals surface area contributed by atoms with Crippen LogP contribution in [0, 0.1) is 10.1 Å². The fourth-order valence-corrected chi connectivity index (χ4v) is 0. The van der Waals surface area contributed by atoms with Crippen molar-refractivity contribution in [3.8, 4) is 0 Å². The van der Waals surface area contributed by atoms with E-state index in [1.807, 2.05) is 0 Å². The molecule has 0 aromatic heterocycles. The average molecular weight is 175 g/mol. The summed E-state index contributed by atoms with van der Waals surface area (Å²) in [5.74, 6) is 0. The summed E-state index contributed by atoms with van der Waals surface area (Å²) in [7, 11) is 0. The molecule has 0 saturated carbocycles. The van der Waals surface area contributed by atoms with Crippen molar-refractivity contribution in [2.45, 2.75) is 0 Å². The summed E-state index contributed by atoms with van der Waals surface area (Å²) in [6.45, 7) is 0. The van der Waals surface area contributed by atoms with Crippen molar-refractivity contribution in [1.29, 1.82) is 0 Å². The Hall–Kier alpha value is -0.312. The molecule has 0 heterocycles. The van der Waals surface area contributed by atoms with E-state index >= 15 is 0 Å². The van der Waals surface area contributed by atoms with E-state index in [1.165, 1.54) is 0 Å². The Labute approximate surface area is 44.3 Å². The van der Waals surface area contributed by atoms with Crippen LogP contribution in [0.1, 0.15) is 0 Å². The number of nitrogens with zero attached hydrogens (tertiary/aromatic N) is 1. The van der Waals surface area contributed by atoms with E-state index in [0.29, 0.717) is 19.8 Å². The minimum atomic E-state index is -1.50. The summed E-state index contributed by atoms with van der Waals surface area (Å²) >= 11 is 0.700. The fourth-order valence-electron chi connectivity index (χ4n) is 0. The van der Waals surface area contributed by atoms with E-state index in [9.17, 15) is 0 Å². The van der Waals surface area contributed by atoms with Gasteiger partial charge in [-0.25, -0.2) is 0 Å². The molecule has 6 heavy (non-hydrogen) atoms. The molecule has 0 aliphatic heterocycles. The maximum absolute atomic E-state index is 8.36. The zero-order chi connectivity index (χ0) is 5.58. The molecule has 1 N–H and O–H groups in total. The van der Waals surface area contributed by atoms with Crippen LogP contribution in [0.2, 0.25) is 0 Å². The van der Waals surface area contributed by atoms with Crippen molar-refractivity contribution < 1.29 is 33.5 Å². The average Bonchev–Trinajstić information content (AvgIpc) is 1.41. The Morgan fingerprint density at radius 1 is 1.67 bits per heavy atom. The quantitative estimate of drug-likeness (QED) is 0.306.